The lowest BCUT2D eigenvalue weighted by atomic mass is 9.74. The summed E-state index contributed by atoms with van der Waals surface area (Å²) in [5.41, 5.74) is 4.36. The van der Waals surface area contributed by atoms with Crippen LogP contribution in [0.25, 0.3) is 0 Å². The van der Waals surface area contributed by atoms with Crippen molar-refractivity contribution in [1.29, 1.82) is 0 Å². The van der Waals surface area contributed by atoms with Crippen LogP contribution in [0.4, 0.5) is 0 Å². The molecule has 2 aliphatic rings. The summed E-state index contributed by atoms with van der Waals surface area (Å²) in [6.45, 7) is 11.9. The minimum Gasteiger partial charge on any atom is -0.299 e. The minimum absolute atomic E-state index is 0.666. The smallest absolute Gasteiger partial charge is 0.0265 e. The maximum atomic E-state index is 4.26. The quantitative estimate of drug-likeness (QED) is 0.206. The van der Waals surface area contributed by atoms with Crippen molar-refractivity contribution < 1.29 is 0 Å². The van der Waals surface area contributed by atoms with Crippen LogP contribution in [-0.4, -0.2) is 37.0 Å². The van der Waals surface area contributed by atoms with Crippen molar-refractivity contribution >= 4 is 18.5 Å². The van der Waals surface area contributed by atoms with E-state index in [-0.39, 0.29) is 0 Å². The maximum absolute atomic E-state index is 4.26. The molecule has 4 rings (SSSR count). The van der Waals surface area contributed by atoms with Gasteiger partial charge < -0.3 is 0 Å². The first-order chi connectivity index (χ1) is 18.2. The van der Waals surface area contributed by atoms with E-state index in [2.05, 4.69) is 91.3 Å². The third-order valence-electron chi connectivity index (χ3n) is 8.88. The van der Waals surface area contributed by atoms with E-state index in [9.17, 15) is 0 Å². The molecule has 200 valence electrons. The molecule has 1 aliphatic heterocycles. The van der Waals surface area contributed by atoms with Gasteiger partial charge in [0.1, 0.15) is 0 Å². The highest BCUT2D eigenvalue weighted by molar-refractivity contribution is 7.99. The lowest BCUT2D eigenvalue weighted by Crippen LogP contribution is -2.42. The first-order valence-corrected chi connectivity index (χ1v) is 15.7. The monoisotopic (exact) mass is 516 g/mol. The van der Waals surface area contributed by atoms with Crippen LogP contribution in [0, 0.1) is 24.7 Å². The maximum Gasteiger partial charge on any atom is 0.0265 e. The second kappa shape index (κ2) is 14.9. The number of rotatable bonds is 12. The van der Waals surface area contributed by atoms with Crippen LogP contribution in [0.3, 0.4) is 0 Å². The van der Waals surface area contributed by atoms with Gasteiger partial charge in [-0.2, -0.15) is 0 Å². The lowest BCUT2D eigenvalue weighted by Gasteiger charge is -2.39. The van der Waals surface area contributed by atoms with Crippen molar-refractivity contribution in [1.82, 2.24) is 4.90 Å². The molecule has 2 fully saturated rings. The van der Waals surface area contributed by atoms with Crippen molar-refractivity contribution in [3.05, 3.63) is 77.5 Å². The zero-order valence-electron chi connectivity index (χ0n) is 23.3. The summed E-state index contributed by atoms with van der Waals surface area (Å²) < 4.78 is 0. The normalized spacial score (nSPS) is 22.6. The topological polar surface area (TPSA) is 15.6 Å². The molecule has 0 bridgehead atoms. The van der Waals surface area contributed by atoms with Crippen LogP contribution < -0.4 is 0 Å². The summed E-state index contributed by atoms with van der Waals surface area (Å²) in [6, 6.07) is 20.3. The average Bonchev–Trinajstić information content (AvgIpc) is 2.93. The van der Waals surface area contributed by atoms with Crippen molar-refractivity contribution in [2.75, 3.05) is 25.4 Å². The fourth-order valence-corrected chi connectivity index (χ4v) is 8.02. The van der Waals surface area contributed by atoms with E-state index in [1.54, 1.807) is 0 Å². The summed E-state index contributed by atoms with van der Waals surface area (Å²) >= 11 is 2.05. The number of likely N-dealkylation sites (tertiary alicyclic amines) is 1. The van der Waals surface area contributed by atoms with Gasteiger partial charge in [-0.3, -0.25) is 9.89 Å². The zero-order chi connectivity index (χ0) is 25.9. The summed E-state index contributed by atoms with van der Waals surface area (Å²) in [4.78, 5) is 8.38. The van der Waals surface area contributed by atoms with Crippen LogP contribution in [0.2, 0.25) is 0 Å². The standard InChI is InChI=1S/C34H48N2S/c1-4-29-20-21-36(25-32(29)26-37-33-17-11-12-27(2)22-33)24-28(23-35-3)18-19-34(30-13-7-5-8-14-30)31-15-9-6-10-16-31/h5,7-8,11-14,17,22-23,29,31-32,34H,3-4,6,9-10,15-16,18-21,24-26H2,1-2H3/b28-23+. The first-order valence-electron chi connectivity index (χ1n) is 14.8. The van der Waals surface area contributed by atoms with Crippen molar-refractivity contribution in [2.24, 2.45) is 22.7 Å². The molecular weight excluding hydrogens is 468 g/mol. The second-order valence-electron chi connectivity index (χ2n) is 11.5. The molecular formula is C34H48N2S. The largest absolute Gasteiger partial charge is 0.299 e. The number of aryl methyl sites for hydroxylation is 1. The third-order valence-corrected chi connectivity index (χ3v) is 10.1. The van der Waals surface area contributed by atoms with Crippen molar-refractivity contribution in [3.63, 3.8) is 0 Å². The average molecular weight is 517 g/mol. The van der Waals surface area contributed by atoms with Crippen LogP contribution in [0.5, 0.6) is 0 Å². The highest BCUT2D eigenvalue weighted by Gasteiger charge is 2.29. The van der Waals surface area contributed by atoms with E-state index in [1.807, 2.05) is 11.8 Å². The van der Waals surface area contributed by atoms with Gasteiger partial charge in [-0.15, -0.1) is 11.8 Å². The van der Waals surface area contributed by atoms with Crippen molar-refractivity contribution in [2.45, 2.75) is 82.4 Å². The van der Waals surface area contributed by atoms with E-state index >= 15 is 0 Å². The molecule has 3 unspecified atom stereocenters. The molecule has 0 amide bonds. The second-order valence-corrected chi connectivity index (χ2v) is 12.6. The zero-order valence-corrected chi connectivity index (χ0v) is 24.1. The van der Waals surface area contributed by atoms with Crippen LogP contribution in [0.1, 0.15) is 81.8 Å². The van der Waals surface area contributed by atoms with E-state index in [4.69, 9.17) is 0 Å². The molecule has 0 N–H and O–H groups in total. The van der Waals surface area contributed by atoms with Gasteiger partial charge in [-0.1, -0.05) is 80.6 Å². The number of piperidine rings is 1. The fourth-order valence-electron chi connectivity index (χ4n) is 6.79. The Bertz CT molecular complexity index is 978. The van der Waals surface area contributed by atoms with E-state index in [0.717, 1.165) is 30.7 Å². The van der Waals surface area contributed by atoms with Crippen LogP contribution >= 0.6 is 11.8 Å². The number of nitrogens with zero attached hydrogens (tertiary/aromatic N) is 2. The van der Waals surface area contributed by atoms with Gasteiger partial charge in [0, 0.05) is 29.9 Å². The predicted molar refractivity (Wildman–Crippen MR) is 163 cm³/mol. The molecule has 37 heavy (non-hydrogen) atoms. The number of hydrogen-bond donors (Lipinski definition) is 0. The van der Waals surface area contributed by atoms with E-state index < -0.39 is 0 Å². The predicted octanol–water partition coefficient (Wildman–Crippen LogP) is 9.16. The molecule has 2 aromatic carbocycles. The number of aliphatic imine (C=N–C) groups is 1. The minimum atomic E-state index is 0.666. The number of benzene rings is 2. The Morgan fingerprint density at radius 2 is 1.86 bits per heavy atom. The molecule has 2 aromatic rings. The van der Waals surface area contributed by atoms with Crippen molar-refractivity contribution in [3.8, 4) is 0 Å². The van der Waals surface area contributed by atoms with Gasteiger partial charge in [0.2, 0.25) is 0 Å². The summed E-state index contributed by atoms with van der Waals surface area (Å²) in [7, 11) is 0. The summed E-state index contributed by atoms with van der Waals surface area (Å²) in [5.74, 6) is 4.31. The Kier molecular flexibility index (Phi) is 11.4. The van der Waals surface area contributed by atoms with Gasteiger partial charge in [-0.05, 0) is 99.2 Å². The molecule has 0 spiro atoms. The Hall–Kier alpha value is -1.84. The molecule has 3 atom stereocenters. The molecule has 3 heteroatoms. The van der Waals surface area contributed by atoms with E-state index in [1.165, 1.54) is 91.8 Å². The van der Waals surface area contributed by atoms with Gasteiger partial charge in [0.25, 0.3) is 0 Å². The molecule has 2 nitrogen and oxygen atoms in total. The lowest BCUT2D eigenvalue weighted by molar-refractivity contribution is 0.137. The number of thioether (sulfide) groups is 1. The Labute approximate surface area is 231 Å². The van der Waals surface area contributed by atoms with Gasteiger partial charge in [-0.25, -0.2) is 0 Å². The van der Waals surface area contributed by atoms with Crippen LogP contribution in [0.15, 0.2) is 76.3 Å². The number of hydrogen-bond acceptors (Lipinski definition) is 3. The summed E-state index contributed by atoms with van der Waals surface area (Å²) in [5, 5.41) is 0. The molecule has 0 radical (unpaired) electrons. The Balaban J connectivity index is 1.37. The molecule has 1 heterocycles. The molecule has 0 aromatic heterocycles. The fraction of sp³-hybridized carbons (Fsp3) is 0.559. The Morgan fingerprint density at radius 1 is 1.05 bits per heavy atom. The van der Waals surface area contributed by atoms with Gasteiger partial charge >= 0.3 is 0 Å². The highest BCUT2D eigenvalue weighted by atomic mass is 32.2. The Morgan fingerprint density at radius 3 is 2.59 bits per heavy atom. The third kappa shape index (κ3) is 8.58. The molecule has 1 saturated carbocycles. The van der Waals surface area contributed by atoms with Gasteiger partial charge in [0.15, 0.2) is 0 Å². The molecule has 1 saturated heterocycles. The van der Waals surface area contributed by atoms with Gasteiger partial charge in [0.05, 0.1) is 0 Å². The van der Waals surface area contributed by atoms with Crippen LogP contribution in [-0.2, 0) is 0 Å². The molecule has 1 aliphatic carbocycles. The SMILES string of the molecule is C=N/C=C(\CCC(c1ccccc1)C1CCCCC1)CN1CCC(CC)C(CSc2cccc(C)c2)C1. The summed E-state index contributed by atoms with van der Waals surface area (Å²) in [6.07, 6.45) is 14.1. The highest BCUT2D eigenvalue weighted by Crippen LogP contribution is 2.40. The first kappa shape index (κ1) is 28.2. The van der Waals surface area contributed by atoms with E-state index in [0.29, 0.717) is 5.92 Å².